The Hall–Kier alpha value is -2.56. The predicted octanol–water partition coefficient (Wildman–Crippen LogP) is 3.00. The third-order valence-electron chi connectivity index (χ3n) is 2.87. The molecule has 1 aromatic carbocycles. The molecule has 0 saturated carbocycles. The molecule has 134 valence electrons. The van der Waals surface area contributed by atoms with Crippen LogP contribution in [0, 0.1) is 0 Å². The number of guanidine groups is 1. The maximum Gasteiger partial charge on any atom is 0.573 e. The van der Waals surface area contributed by atoms with Gasteiger partial charge in [-0.2, -0.15) is 10.1 Å². The summed E-state index contributed by atoms with van der Waals surface area (Å²) in [6.07, 6.45) is -3.10. The lowest BCUT2D eigenvalue weighted by atomic mass is 10.3. The fourth-order valence-corrected chi connectivity index (χ4v) is 1.95. The molecule has 0 atom stereocenters. The fraction of sp³-hybridized carbons (Fsp3) is 0.214. The van der Waals surface area contributed by atoms with Crippen LogP contribution >= 0.6 is 15.9 Å². The van der Waals surface area contributed by atoms with E-state index in [9.17, 15) is 13.2 Å². The highest BCUT2D eigenvalue weighted by Crippen LogP contribution is 2.24. The van der Waals surface area contributed by atoms with Gasteiger partial charge in [0, 0.05) is 18.9 Å². The number of rotatable bonds is 4. The number of hydrogen-bond acceptors (Lipinski definition) is 3. The van der Waals surface area contributed by atoms with Gasteiger partial charge in [0.1, 0.15) is 5.75 Å². The Bertz CT molecular complexity index is 766. The van der Waals surface area contributed by atoms with Gasteiger partial charge >= 0.3 is 6.36 Å². The van der Waals surface area contributed by atoms with Crippen LogP contribution in [0.15, 0.2) is 46.5 Å². The Balaban J connectivity index is 2.11. The molecule has 0 amide bonds. The summed E-state index contributed by atoms with van der Waals surface area (Å²) in [5.41, 5.74) is 6.81. The topological polar surface area (TPSA) is 89.8 Å². The average Bonchev–Trinajstić information content (AvgIpc) is 2.90. The normalized spacial score (nSPS) is 13.0. The number of nitrogens with two attached hydrogens (primary N) is 1. The second kappa shape index (κ2) is 8.01. The monoisotopic (exact) mass is 418 g/mol. The molecule has 0 spiro atoms. The number of nitrogens with one attached hydrogen (secondary N) is 1. The van der Waals surface area contributed by atoms with E-state index in [1.807, 2.05) is 0 Å². The zero-order valence-electron chi connectivity index (χ0n) is 13.0. The molecule has 2 aromatic rings. The van der Waals surface area contributed by atoms with Crippen LogP contribution in [0.25, 0.3) is 0 Å². The zero-order chi connectivity index (χ0) is 18.4. The van der Waals surface area contributed by atoms with E-state index in [4.69, 9.17) is 5.73 Å². The van der Waals surface area contributed by atoms with Crippen LogP contribution in [0.1, 0.15) is 5.69 Å². The molecule has 0 aliphatic carbocycles. The molecule has 0 radical (unpaired) electrons. The lowest BCUT2D eigenvalue weighted by molar-refractivity contribution is -0.274. The number of hydrogen-bond donors (Lipinski definition) is 2. The van der Waals surface area contributed by atoms with Gasteiger partial charge in [0.25, 0.3) is 0 Å². The summed E-state index contributed by atoms with van der Waals surface area (Å²) in [7, 11) is 1.78. The van der Waals surface area contributed by atoms with Gasteiger partial charge in [-0.3, -0.25) is 4.68 Å². The van der Waals surface area contributed by atoms with E-state index < -0.39 is 6.36 Å². The number of aliphatic imine (C=N–C) groups is 2. The van der Waals surface area contributed by atoms with Gasteiger partial charge < -0.3 is 15.8 Å². The number of aryl methyl sites for hydroxylation is 1. The summed E-state index contributed by atoms with van der Waals surface area (Å²) < 4.78 is 42.1. The van der Waals surface area contributed by atoms with E-state index in [-0.39, 0.29) is 23.0 Å². The Kier molecular flexibility index (Phi) is 6.02. The summed E-state index contributed by atoms with van der Waals surface area (Å²) in [6, 6.07) is 6.96. The van der Waals surface area contributed by atoms with E-state index in [1.54, 1.807) is 24.0 Å². The van der Waals surface area contributed by atoms with Crippen molar-refractivity contribution in [2.75, 3.05) is 5.32 Å². The summed E-state index contributed by atoms with van der Waals surface area (Å²) in [6.45, 7) is 0.290. The second-order valence-electron chi connectivity index (χ2n) is 4.72. The fourth-order valence-electron chi connectivity index (χ4n) is 1.79. The van der Waals surface area contributed by atoms with Crippen molar-refractivity contribution in [2.24, 2.45) is 22.8 Å². The smallest absolute Gasteiger partial charge is 0.406 e. The molecule has 0 aliphatic rings. The number of benzene rings is 1. The first-order chi connectivity index (χ1) is 11.7. The Morgan fingerprint density at radius 1 is 1.32 bits per heavy atom. The molecular weight excluding hydrogens is 405 g/mol. The first-order valence-corrected chi connectivity index (χ1v) is 7.66. The molecule has 11 heteroatoms. The number of aromatic nitrogens is 2. The van der Waals surface area contributed by atoms with Gasteiger partial charge in [-0.05, 0) is 46.3 Å². The van der Waals surface area contributed by atoms with Gasteiger partial charge in [0.05, 0.1) is 12.2 Å². The van der Waals surface area contributed by atoms with E-state index >= 15 is 0 Å². The minimum atomic E-state index is -4.74. The van der Waals surface area contributed by atoms with Crippen LogP contribution in [0.3, 0.4) is 0 Å². The van der Waals surface area contributed by atoms with E-state index in [2.05, 4.69) is 41.1 Å². The molecule has 1 aromatic heterocycles. The van der Waals surface area contributed by atoms with Crippen LogP contribution in [0.4, 0.5) is 18.9 Å². The van der Waals surface area contributed by atoms with Gasteiger partial charge in [-0.25, -0.2) is 4.99 Å². The molecule has 0 aliphatic heterocycles. The second-order valence-corrected chi connectivity index (χ2v) is 5.53. The van der Waals surface area contributed by atoms with Crippen molar-refractivity contribution in [3.8, 4) is 5.75 Å². The predicted molar refractivity (Wildman–Crippen MR) is 91.6 cm³/mol. The van der Waals surface area contributed by atoms with Crippen molar-refractivity contribution in [2.45, 2.75) is 12.9 Å². The maximum absolute atomic E-state index is 12.2. The molecule has 7 nitrogen and oxygen atoms in total. The number of halogens is 4. The summed E-state index contributed by atoms with van der Waals surface area (Å²) in [5, 5.41) is 6.90. The van der Waals surface area contributed by atoms with Crippen molar-refractivity contribution in [1.29, 1.82) is 0 Å². The van der Waals surface area contributed by atoms with Crippen LogP contribution in [0.2, 0.25) is 0 Å². The van der Waals surface area contributed by atoms with Crippen LogP contribution in [-0.4, -0.2) is 26.8 Å². The van der Waals surface area contributed by atoms with Gasteiger partial charge in [0.2, 0.25) is 5.96 Å². The molecule has 0 bridgehead atoms. The standard InChI is InChI=1S/C14H14BrF3N6O/c1-24-10(6-7-21-24)8-20-13(23-12(15)19)22-9-2-4-11(5-3-9)25-14(16,17)18/h2-7H,8H2,1H3,(H3,19,20,22,23). The maximum atomic E-state index is 12.2. The minimum absolute atomic E-state index is 0.0979. The highest BCUT2D eigenvalue weighted by Gasteiger charge is 2.30. The van der Waals surface area contributed by atoms with E-state index in [1.165, 1.54) is 24.3 Å². The van der Waals surface area contributed by atoms with Gasteiger partial charge in [0.15, 0.2) is 4.74 Å². The molecule has 0 fully saturated rings. The lowest BCUT2D eigenvalue weighted by Gasteiger charge is -2.10. The SMILES string of the molecule is Cn1nccc1CN=C(N=C(N)Br)Nc1ccc(OC(F)(F)F)cc1. The van der Waals surface area contributed by atoms with Crippen molar-refractivity contribution >= 4 is 32.3 Å². The number of anilines is 1. The third kappa shape index (κ3) is 6.45. The third-order valence-corrected chi connectivity index (χ3v) is 3.05. The Morgan fingerprint density at radius 2 is 2.00 bits per heavy atom. The number of alkyl halides is 3. The molecule has 0 unspecified atom stereocenters. The van der Waals surface area contributed by atoms with Crippen LogP contribution in [-0.2, 0) is 13.6 Å². The van der Waals surface area contributed by atoms with Crippen molar-refractivity contribution in [3.05, 3.63) is 42.2 Å². The molecule has 1 heterocycles. The first kappa shape index (κ1) is 18.8. The van der Waals surface area contributed by atoms with E-state index in [0.29, 0.717) is 5.69 Å². The largest absolute Gasteiger partial charge is 0.573 e. The van der Waals surface area contributed by atoms with Crippen molar-refractivity contribution in [1.82, 2.24) is 9.78 Å². The molecular formula is C14H14BrF3N6O. The summed E-state index contributed by atoms with van der Waals surface area (Å²) >= 11 is 3.01. The van der Waals surface area contributed by atoms with Gasteiger partial charge in [-0.1, -0.05) is 0 Å². The highest BCUT2D eigenvalue weighted by molar-refractivity contribution is 9.18. The molecule has 2 rings (SSSR count). The quantitative estimate of drug-likeness (QED) is 0.453. The van der Waals surface area contributed by atoms with Crippen molar-refractivity contribution < 1.29 is 17.9 Å². The highest BCUT2D eigenvalue weighted by atomic mass is 79.9. The Labute approximate surface area is 149 Å². The summed E-state index contributed by atoms with van der Waals surface area (Å²) in [4.78, 5) is 8.27. The molecule has 3 N–H and O–H groups in total. The minimum Gasteiger partial charge on any atom is -0.406 e. The lowest BCUT2D eigenvalue weighted by Crippen LogP contribution is -2.17. The number of amidine groups is 1. The van der Waals surface area contributed by atoms with Crippen LogP contribution in [0.5, 0.6) is 5.75 Å². The summed E-state index contributed by atoms with van der Waals surface area (Å²) in [5.74, 6) is -0.144. The van der Waals surface area contributed by atoms with Crippen LogP contribution < -0.4 is 15.8 Å². The first-order valence-electron chi connectivity index (χ1n) is 6.87. The van der Waals surface area contributed by atoms with Gasteiger partial charge in [-0.15, -0.1) is 13.2 Å². The number of nitrogens with zero attached hydrogens (tertiary/aromatic N) is 4. The number of ether oxygens (including phenoxy) is 1. The van der Waals surface area contributed by atoms with E-state index in [0.717, 1.165) is 5.69 Å². The molecule has 25 heavy (non-hydrogen) atoms. The molecule has 0 saturated heterocycles. The van der Waals surface area contributed by atoms with Crippen molar-refractivity contribution in [3.63, 3.8) is 0 Å². The Morgan fingerprint density at radius 3 is 2.52 bits per heavy atom. The average molecular weight is 419 g/mol. The zero-order valence-corrected chi connectivity index (χ0v) is 14.5.